The average molecular weight is 575 g/mol. The van der Waals surface area contributed by atoms with Crippen molar-refractivity contribution in [1.29, 1.82) is 0 Å². The van der Waals surface area contributed by atoms with Gasteiger partial charge >= 0.3 is 12.4 Å². The molecule has 5 rings (SSSR count). The van der Waals surface area contributed by atoms with Crippen LogP contribution in [0.1, 0.15) is 22.4 Å². The maximum absolute atomic E-state index is 13.4. The van der Waals surface area contributed by atoms with Crippen molar-refractivity contribution in [3.63, 3.8) is 0 Å². The Morgan fingerprint density at radius 1 is 1.10 bits per heavy atom. The van der Waals surface area contributed by atoms with Gasteiger partial charge in [-0.15, -0.1) is 13.2 Å². The second-order valence-electron chi connectivity index (χ2n) is 9.07. The van der Waals surface area contributed by atoms with Gasteiger partial charge in [0.15, 0.2) is 0 Å². The SMILES string of the molecule is O=C(NCc1ccnc(Cl)c1)n1c2c(c3cc(OC(F)(F)F)ccc31)CN(C/C=C/c1ccc(Cl)cc1)CC2. The quantitative estimate of drug-likeness (QED) is 0.250. The van der Waals surface area contributed by atoms with Crippen LogP contribution in [0.5, 0.6) is 5.75 Å². The lowest BCUT2D eigenvalue weighted by Crippen LogP contribution is -2.34. The van der Waals surface area contributed by atoms with E-state index >= 15 is 0 Å². The fraction of sp³-hybridized carbons (Fsp3) is 0.214. The van der Waals surface area contributed by atoms with Gasteiger partial charge in [-0.2, -0.15) is 0 Å². The Kier molecular flexibility index (Phi) is 7.83. The molecule has 0 unspecified atom stereocenters. The van der Waals surface area contributed by atoms with Crippen LogP contribution < -0.4 is 10.1 Å². The van der Waals surface area contributed by atoms with Crippen molar-refractivity contribution >= 4 is 46.2 Å². The third kappa shape index (κ3) is 6.55. The monoisotopic (exact) mass is 574 g/mol. The minimum Gasteiger partial charge on any atom is -0.406 e. The van der Waals surface area contributed by atoms with E-state index in [0.29, 0.717) is 47.1 Å². The molecule has 0 spiro atoms. The van der Waals surface area contributed by atoms with Crippen molar-refractivity contribution in [2.45, 2.75) is 25.9 Å². The number of pyridine rings is 1. The number of hydrogen-bond acceptors (Lipinski definition) is 4. The van der Waals surface area contributed by atoms with E-state index in [-0.39, 0.29) is 18.3 Å². The van der Waals surface area contributed by atoms with Gasteiger partial charge in [-0.05, 0) is 59.2 Å². The Balaban J connectivity index is 1.42. The van der Waals surface area contributed by atoms with Gasteiger partial charge in [0.25, 0.3) is 0 Å². The predicted molar refractivity (Wildman–Crippen MR) is 145 cm³/mol. The fourth-order valence-electron chi connectivity index (χ4n) is 4.70. The highest BCUT2D eigenvalue weighted by atomic mass is 35.5. The summed E-state index contributed by atoms with van der Waals surface area (Å²) in [7, 11) is 0. The van der Waals surface area contributed by atoms with Crippen molar-refractivity contribution in [3.8, 4) is 5.75 Å². The molecular weight excluding hydrogens is 552 g/mol. The normalized spacial score (nSPS) is 14.1. The summed E-state index contributed by atoms with van der Waals surface area (Å²) in [6, 6.07) is 14.5. The second kappa shape index (κ2) is 11.3. The molecule has 0 radical (unpaired) electrons. The van der Waals surface area contributed by atoms with Crippen LogP contribution in [0.25, 0.3) is 17.0 Å². The first-order valence-corrected chi connectivity index (χ1v) is 12.9. The Labute approximate surface area is 232 Å². The Hall–Kier alpha value is -3.53. The molecule has 0 aliphatic carbocycles. The van der Waals surface area contributed by atoms with E-state index in [2.05, 4.69) is 19.9 Å². The smallest absolute Gasteiger partial charge is 0.406 e. The number of aromatic nitrogens is 2. The number of fused-ring (bicyclic) bond motifs is 3. The van der Waals surface area contributed by atoms with Gasteiger partial charge in [0.05, 0.1) is 5.52 Å². The van der Waals surface area contributed by atoms with E-state index < -0.39 is 6.36 Å². The molecule has 2 aromatic carbocycles. The Bertz CT molecular complexity index is 1530. The van der Waals surface area contributed by atoms with Gasteiger partial charge < -0.3 is 10.1 Å². The molecule has 4 aromatic rings. The number of carbonyl (C=O) groups is 1. The van der Waals surface area contributed by atoms with Gasteiger partial charge in [0.2, 0.25) is 0 Å². The first kappa shape index (κ1) is 27.1. The minimum atomic E-state index is -4.82. The molecule has 1 aliphatic heterocycles. The molecule has 39 heavy (non-hydrogen) atoms. The van der Waals surface area contributed by atoms with E-state index in [9.17, 15) is 18.0 Å². The van der Waals surface area contributed by atoms with E-state index in [1.807, 2.05) is 36.4 Å². The summed E-state index contributed by atoms with van der Waals surface area (Å²) in [5.41, 5.74) is 3.85. The van der Waals surface area contributed by atoms with Crippen LogP contribution >= 0.6 is 23.2 Å². The molecule has 0 fully saturated rings. The molecule has 0 saturated carbocycles. The number of alkyl halides is 3. The van der Waals surface area contributed by atoms with Crippen LogP contribution in [0.3, 0.4) is 0 Å². The van der Waals surface area contributed by atoms with Gasteiger partial charge in [0.1, 0.15) is 10.9 Å². The average Bonchev–Trinajstić information content (AvgIpc) is 3.21. The van der Waals surface area contributed by atoms with Gasteiger partial charge in [-0.1, -0.05) is 47.5 Å². The minimum absolute atomic E-state index is 0.215. The summed E-state index contributed by atoms with van der Waals surface area (Å²) >= 11 is 11.9. The highest BCUT2D eigenvalue weighted by molar-refractivity contribution is 6.30. The zero-order valence-electron chi connectivity index (χ0n) is 20.5. The second-order valence-corrected chi connectivity index (χ2v) is 9.90. The maximum Gasteiger partial charge on any atom is 0.573 e. The molecule has 1 aliphatic rings. The Morgan fingerprint density at radius 2 is 1.90 bits per heavy atom. The van der Waals surface area contributed by atoms with Crippen molar-refractivity contribution in [2.75, 3.05) is 13.1 Å². The lowest BCUT2D eigenvalue weighted by atomic mass is 10.0. The van der Waals surface area contributed by atoms with E-state index in [1.54, 1.807) is 22.9 Å². The summed E-state index contributed by atoms with van der Waals surface area (Å²) in [5, 5.41) is 4.40. The molecule has 1 amide bonds. The number of ether oxygens (including phenoxy) is 1. The van der Waals surface area contributed by atoms with Crippen LogP contribution in [0, 0.1) is 0 Å². The largest absolute Gasteiger partial charge is 0.573 e. The molecule has 0 atom stereocenters. The van der Waals surface area contributed by atoms with Crippen molar-refractivity contribution in [2.24, 2.45) is 0 Å². The first-order chi connectivity index (χ1) is 18.7. The number of nitrogens with zero attached hydrogens (tertiary/aromatic N) is 3. The summed E-state index contributed by atoms with van der Waals surface area (Å²) in [4.78, 5) is 19.5. The molecule has 2 aromatic heterocycles. The number of benzene rings is 2. The molecular formula is C28H23Cl2F3N4O2. The van der Waals surface area contributed by atoms with Crippen LogP contribution in [0.15, 0.2) is 66.9 Å². The summed E-state index contributed by atoms with van der Waals surface area (Å²) in [6.07, 6.45) is 1.29. The fourth-order valence-corrected chi connectivity index (χ4v) is 5.02. The summed E-state index contributed by atoms with van der Waals surface area (Å²) < 4.78 is 44.5. The van der Waals surface area contributed by atoms with E-state index in [1.165, 1.54) is 18.2 Å². The molecule has 202 valence electrons. The van der Waals surface area contributed by atoms with Crippen LogP contribution in [0.2, 0.25) is 10.2 Å². The van der Waals surface area contributed by atoms with E-state index in [4.69, 9.17) is 23.2 Å². The summed E-state index contributed by atoms with van der Waals surface area (Å²) in [5.74, 6) is -0.332. The van der Waals surface area contributed by atoms with Crippen LogP contribution in [-0.2, 0) is 19.5 Å². The first-order valence-electron chi connectivity index (χ1n) is 12.1. The lowest BCUT2D eigenvalue weighted by Gasteiger charge is -2.27. The summed E-state index contributed by atoms with van der Waals surface area (Å²) in [6.45, 7) is 1.98. The number of hydrogen-bond donors (Lipinski definition) is 1. The molecule has 0 bridgehead atoms. The topological polar surface area (TPSA) is 59.4 Å². The molecule has 0 saturated heterocycles. The highest BCUT2D eigenvalue weighted by Gasteiger charge is 2.32. The third-order valence-electron chi connectivity index (χ3n) is 6.41. The number of rotatable bonds is 6. The number of amides is 1. The van der Waals surface area contributed by atoms with Crippen molar-refractivity contribution in [1.82, 2.24) is 19.8 Å². The van der Waals surface area contributed by atoms with Crippen LogP contribution in [-0.4, -0.2) is 39.9 Å². The van der Waals surface area contributed by atoms with Gasteiger partial charge in [0, 0.05) is 54.9 Å². The highest BCUT2D eigenvalue weighted by Crippen LogP contribution is 2.35. The Morgan fingerprint density at radius 3 is 2.64 bits per heavy atom. The third-order valence-corrected chi connectivity index (χ3v) is 6.87. The van der Waals surface area contributed by atoms with Gasteiger partial charge in [-0.25, -0.2) is 9.78 Å². The zero-order chi connectivity index (χ0) is 27.6. The molecule has 3 heterocycles. The number of halogens is 5. The zero-order valence-corrected chi connectivity index (χ0v) is 22.0. The van der Waals surface area contributed by atoms with Crippen LogP contribution in [0.4, 0.5) is 18.0 Å². The van der Waals surface area contributed by atoms with Crippen molar-refractivity contribution < 1.29 is 22.7 Å². The van der Waals surface area contributed by atoms with E-state index in [0.717, 1.165) is 22.4 Å². The molecule has 1 N–H and O–H groups in total. The standard InChI is InChI=1S/C28H23Cl2F3N4O2/c29-20-5-3-18(4-6-20)2-1-12-36-13-10-25-23(17-36)22-15-21(39-28(31,32)33)7-8-24(22)37(25)27(38)35-16-19-9-11-34-26(30)14-19/h1-9,11,14-15H,10,12-13,16-17H2,(H,35,38)/b2-1+. The van der Waals surface area contributed by atoms with Gasteiger partial charge in [-0.3, -0.25) is 9.47 Å². The molecule has 11 heteroatoms. The number of carbonyl (C=O) groups excluding carboxylic acids is 1. The van der Waals surface area contributed by atoms with Crippen molar-refractivity contribution in [3.05, 3.63) is 99.4 Å². The number of nitrogens with one attached hydrogen (secondary N) is 1. The maximum atomic E-state index is 13.4. The predicted octanol–water partition coefficient (Wildman–Crippen LogP) is 7.07. The lowest BCUT2D eigenvalue weighted by molar-refractivity contribution is -0.274. The molecule has 6 nitrogen and oxygen atoms in total.